The molecule has 2 aliphatic carbocycles. The van der Waals surface area contributed by atoms with Gasteiger partial charge >= 0.3 is 0 Å². The number of rotatable bonds is 5. The van der Waals surface area contributed by atoms with Crippen molar-refractivity contribution in [3.8, 4) is 79.2 Å². The Bertz CT molecular complexity index is 4160. The smallest absolute Gasteiger partial charge is 0.164 e. The van der Waals surface area contributed by atoms with Crippen LogP contribution in [0.2, 0.25) is 0 Å². The standard InChI is InChI=1S/C61H34N6O2/c1-2-14-35(15-3-1)58-65-59(67-60(66-58)37-31-50(48-21-10-12-28-62-48)64-51(32-37)49-22-11-13-29-63-49)36-24-26-53-44(30-36)56-54(68-53)27-25-41-42-33-43-40-18-6-9-23-52(40)69-55(43)34-47(42)61(57(41)56)45-19-7-4-16-38(45)39-17-5-8-20-46(39)61/h1-34H. The molecule has 0 radical (unpaired) electrons. The number of aromatic nitrogens is 6. The van der Waals surface area contributed by atoms with Crippen molar-refractivity contribution in [2.45, 2.75) is 5.41 Å². The molecule has 0 amide bonds. The Balaban J connectivity index is 0.994. The van der Waals surface area contributed by atoms with Crippen LogP contribution >= 0.6 is 0 Å². The first-order valence-corrected chi connectivity index (χ1v) is 23.0. The van der Waals surface area contributed by atoms with Gasteiger partial charge in [-0.25, -0.2) is 19.9 Å². The van der Waals surface area contributed by atoms with Crippen molar-refractivity contribution in [2.24, 2.45) is 0 Å². The lowest BCUT2D eigenvalue weighted by Gasteiger charge is -2.31. The van der Waals surface area contributed by atoms with Gasteiger partial charge in [0.2, 0.25) is 0 Å². The Morgan fingerprint density at radius 1 is 0.319 bits per heavy atom. The van der Waals surface area contributed by atoms with Crippen molar-refractivity contribution in [2.75, 3.05) is 0 Å². The second-order valence-electron chi connectivity index (χ2n) is 17.7. The number of nitrogens with zero attached hydrogens (tertiary/aromatic N) is 6. The molecular formula is C61H34N6O2. The second-order valence-corrected chi connectivity index (χ2v) is 17.7. The molecular weight excluding hydrogens is 849 g/mol. The van der Waals surface area contributed by atoms with Gasteiger partial charge in [0.05, 0.1) is 28.2 Å². The van der Waals surface area contributed by atoms with Gasteiger partial charge in [0.15, 0.2) is 17.5 Å². The highest BCUT2D eigenvalue weighted by molar-refractivity contribution is 6.16. The molecule has 7 aromatic carbocycles. The van der Waals surface area contributed by atoms with Gasteiger partial charge in [-0.2, -0.15) is 0 Å². The third-order valence-corrected chi connectivity index (χ3v) is 14.0. The van der Waals surface area contributed by atoms with Crippen LogP contribution in [0, 0.1) is 0 Å². The number of hydrogen-bond acceptors (Lipinski definition) is 8. The summed E-state index contributed by atoms with van der Waals surface area (Å²) in [6, 6.07) is 67.1. The van der Waals surface area contributed by atoms with E-state index in [0.717, 1.165) is 72.0 Å². The number of hydrogen-bond donors (Lipinski definition) is 0. The minimum absolute atomic E-state index is 0.499. The quantitative estimate of drug-likeness (QED) is 0.168. The first-order valence-electron chi connectivity index (χ1n) is 23.0. The number of furan rings is 2. The molecule has 0 atom stereocenters. The van der Waals surface area contributed by atoms with Crippen molar-refractivity contribution in [1.29, 1.82) is 0 Å². The molecule has 8 heteroatoms. The molecule has 69 heavy (non-hydrogen) atoms. The summed E-state index contributed by atoms with van der Waals surface area (Å²) in [5.41, 5.74) is 17.6. The molecule has 6 aromatic heterocycles. The van der Waals surface area contributed by atoms with Crippen molar-refractivity contribution in [1.82, 2.24) is 29.9 Å². The van der Waals surface area contributed by atoms with Crippen LogP contribution in [0.4, 0.5) is 0 Å². The zero-order valence-corrected chi connectivity index (χ0v) is 36.6. The molecule has 320 valence electrons. The highest BCUT2D eigenvalue weighted by Crippen LogP contribution is 2.65. The van der Waals surface area contributed by atoms with E-state index in [1.54, 1.807) is 12.4 Å². The molecule has 8 nitrogen and oxygen atoms in total. The summed E-state index contributed by atoms with van der Waals surface area (Å²) in [5.74, 6) is 1.58. The zero-order valence-electron chi connectivity index (χ0n) is 36.6. The average molecular weight is 883 g/mol. The number of pyridine rings is 3. The van der Waals surface area contributed by atoms with E-state index in [2.05, 4.69) is 113 Å². The molecule has 0 N–H and O–H groups in total. The van der Waals surface area contributed by atoms with Gasteiger partial charge in [-0.3, -0.25) is 9.97 Å². The van der Waals surface area contributed by atoms with Gasteiger partial charge in [-0.15, -0.1) is 0 Å². The lowest BCUT2D eigenvalue weighted by Crippen LogP contribution is -2.26. The number of para-hydroxylation sites is 1. The van der Waals surface area contributed by atoms with Gasteiger partial charge in [-0.05, 0) is 123 Å². The van der Waals surface area contributed by atoms with E-state index >= 15 is 0 Å². The van der Waals surface area contributed by atoms with Crippen LogP contribution in [0.1, 0.15) is 22.3 Å². The summed E-state index contributed by atoms with van der Waals surface area (Å²) in [4.78, 5) is 30.0. The van der Waals surface area contributed by atoms with Crippen LogP contribution in [-0.2, 0) is 5.41 Å². The topological polar surface area (TPSA) is 104 Å². The van der Waals surface area contributed by atoms with Gasteiger partial charge in [0.25, 0.3) is 0 Å². The average Bonchev–Trinajstić information content (AvgIpc) is 4.15. The lowest BCUT2D eigenvalue weighted by atomic mass is 9.69. The fraction of sp³-hybridized carbons (Fsp3) is 0.0164. The van der Waals surface area contributed by atoms with Gasteiger partial charge in [0, 0.05) is 50.6 Å². The third kappa shape index (κ3) is 5.45. The number of benzene rings is 7. The van der Waals surface area contributed by atoms with Crippen LogP contribution in [0.25, 0.3) is 123 Å². The zero-order chi connectivity index (χ0) is 45.2. The highest BCUT2D eigenvalue weighted by atomic mass is 16.3. The maximum Gasteiger partial charge on any atom is 0.164 e. The Hall–Kier alpha value is -9.40. The van der Waals surface area contributed by atoms with Crippen LogP contribution in [0.15, 0.2) is 215 Å². The normalized spacial score (nSPS) is 13.0. The van der Waals surface area contributed by atoms with Gasteiger partial charge in [-0.1, -0.05) is 115 Å². The van der Waals surface area contributed by atoms with Crippen molar-refractivity contribution >= 4 is 43.9 Å². The molecule has 13 aromatic rings. The molecule has 2 aliphatic rings. The summed E-state index contributed by atoms with van der Waals surface area (Å²) in [6.07, 6.45) is 3.54. The maximum atomic E-state index is 6.87. The molecule has 0 saturated carbocycles. The van der Waals surface area contributed by atoms with E-state index < -0.39 is 5.41 Å². The predicted octanol–water partition coefficient (Wildman–Crippen LogP) is 14.5. The van der Waals surface area contributed by atoms with E-state index in [-0.39, 0.29) is 0 Å². The monoisotopic (exact) mass is 882 g/mol. The molecule has 0 saturated heterocycles. The largest absolute Gasteiger partial charge is 0.456 e. The van der Waals surface area contributed by atoms with E-state index in [4.69, 9.17) is 28.8 Å². The molecule has 15 rings (SSSR count). The van der Waals surface area contributed by atoms with Crippen LogP contribution < -0.4 is 0 Å². The van der Waals surface area contributed by atoms with Crippen molar-refractivity contribution in [3.63, 3.8) is 0 Å². The van der Waals surface area contributed by atoms with E-state index in [1.807, 2.05) is 91.0 Å². The summed E-state index contributed by atoms with van der Waals surface area (Å²) in [6.45, 7) is 0. The van der Waals surface area contributed by atoms with Gasteiger partial charge < -0.3 is 8.83 Å². The Kier molecular flexibility index (Phi) is 7.83. The first kappa shape index (κ1) is 37.8. The molecule has 0 fully saturated rings. The van der Waals surface area contributed by atoms with Crippen LogP contribution in [-0.4, -0.2) is 29.9 Å². The molecule has 0 unspecified atom stereocenters. The van der Waals surface area contributed by atoms with E-state index in [0.29, 0.717) is 28.9 Å². The second kappa shape index (κ2) is 14.3. The third-order valence-electron chi connectivity index (χ3n) is 14.0. The molecule has 0 bridgehead atoms. The fourth-order valence-corrected chi connectivity index (χ4v) is 11.2. The van der Waals surface area contributed by atoms with Gasteiger partial charge in [0.1, 0.15) is 22.3 Å². The number of fused-ring (bicyclic) bond motifs is 17. The van der Waals surface area contributed by atoms with E-state index in [1.165, 1.54) is 44.5 Å². The summed E-state index contributed by atoms with van der Waals surface area (Å²) in [5, 5.41) is 4.23. The van der Waals surface area contributed by atoms with Crippen LogP contribution in [0.5, 0.6) is 0 Å². The Morgan fingerprint density at radius 2 is 0.913 bits per heavy atom. The maximum absolute atomic E-state index is 6.87. The lowest BCUT2D eigenvalue weighted by molar-refractivity contribution is 0.666. The Morgan fingerprint density at radius 3 is 1.62 bits per heavy atom. The summed E-state index contributed by atoms with van der Waals surface area (Å²) < 4.78 is 13.5. The predicted molar refractivity (Wildman–Crippen MR) is 271 cm³/mol. The SMILES string of the molecule is c1ccc(-c2nc(-c3cc(-c4ccccn4)nc(-c4ccccn4)c3)nc(-c3ccc4oc5ccc6c(c5c4c3)C3(c4ccccc4-c4ccccc43)c3cc4oc5ccccc5c4cc3-6)n2)cc1. The minimum Gasteiger partial charge on any atom is -0.456 e. The summed E-state index contributed by atoms with van der Waals surface area (Å²) >= 11 is 0. The van der Waals surface area contributed by atoms with E-state index in [9.17, 15) is 0 Å². The first-order chi connectivity index (χ1) is 34.2. The summed E-state index contributed by atoms with van der Waals surface area (Å²) in [7, 11) is 0. The highest BCUT2D eigenvalue weighted by Gasteiger charge is 2.53. The van der Waals surface area contributed by atoms with Crippen LogP contribution in [0.3, 0.4) is 0 Å². The van der Waals surface area contributed by atoms with Crippen molar-refractivity contribution in [3.05, 3.63) is 229 Å². The molecule has 6 heterocycles. The Labute approximate surface area is 394 Å². The molecule has 1 spiro atoms. The molecule has 0 aliphatic heterocycles. The minimum atomic E-state index is -0.671. The van der Waals surface area contributed by atoms with Crippen molar-refractivity contribution < 1.29 is 8.83 Å². The fourth-order valence-electron chi connectivity index (χ4n) is 11.2.